The molecule has 1 aromatic carbocycles. The molecule has 4 N–H and O–H groups in total. The molecule has 10 nitrogen and oxygen atoms in total. The highest BCUT2D eigenvalue weighted by atomic mass is 16.5. The largest absolute Gasteiger partial charge is 0.491 e. The molecule has 1 saturated heterocycles. The first-order valence-corrected chi connectivity index (χ1v) is 14.9. The van der Waals surface area contributed by atoms with Gasteiger partial charge < -0.3 is 30.9 Å². The van der Waals surface area contributed by atoms with Gasteiger partial charge in [-0.1, -0.05) is 45.2 Å². The second-order valence-corrected chi connectivity index (χ2v) is 11.7. The first-order valence-electron chi connectivity index (χ1n) is 14.9. The van der Waals surface area contributed by atoms with Crippen molar-refractivity contribution in [1.82, 2.24) is 26.2 Å². The number of nitrogens with one attached hydrogen (secondary N) is 4. The van der Waals surface area contributed by atoms with Gasteiger partial charge in [-0.05, 0) is 63.2 Å². The summed E-state index contributed by atoms with van der Waals surface area (Å²) in [6.07, 6.45) is 6.52. The van der Waals surface area contributed by atoms with Crippen LogP contribution in [0, 0.1) is 5.92 Å². The van der Waals surface area contributed by atoms with Crippen LogP contribution < -0.4 is 26.0 Å². The van der Waals surface area contributed by atoms with Crippen molar-refractivity contribution in [3.63, 3.8) is 0 Å². The average molecular weight is 556 g/mol. The number of carbonyl (C=O) groups excluding carboxylic acids is 4. The SMILES string of the molecule is CC(C)[C@H]1COc2ccccc2C(=O)N[C@H](C(=O)NCCN2CCCCC2)CCC(=O)NC2(CCCC2)C(=O)N1. The van der Waals surface area contributed by atoms with Crippen LogP contribution in [0.15, 0.2) is 24.3 Å². The molecule has 1 spiro atoms. The number of hydrogen-bond donors (Lipinski definition) is 4. The van der Waals surface area contributed by atoms with E-state index < -0.39 is 17.5 Å². The lowest BCUT2D eigenvalue weighted by Crippen LogP contribution is -2.60. The number of hydrogen-bond acceptors (Lipinski definition) is 6. The Morgan fingerprint density at radius 1 is 1.05 bits per heavy atom. The highest BCUT2D eigenvalue weighted by Crippen LogP contribution is 2.31. The van der Waals surface area contributed by atoms with E-state index in [0.717, 1.165) is 32.5 Å². The van der Waals surface area contributed by atoms with Gasteiger partial charge in [-0.3, -0.25) is 19.2 Å². The summed E-state index contributed by atoms with van der Waals surface area (Å²) in [7, 11) is 0. The Hall–Kier alpha value is -3.14. The summed E-state index contributed by atoms with van der Waals surface area (Å²) in [4.78, 5) is 55.6. The molecule has 4 rings (SSSR count). The predicted molar refractivity (Wildman–Crippen MR) is 152 cm³/mol. The van der Waals surface area contributed by atoms with Crippen molar-refractivity contribution in [3.8, 4) is 5.75 Å². The molecule has 10 heteroatoms. The third kappa shape index (κ3) is 7.74. The lowest BCUT2D eigenvalue weighted by molar-refractivity contribution is -0.134. The molecule has 2 atom stereocenters. The molecule has 0 bridgehead atoms. The summed E-state index contributed by atoms with van der Waals surface area (Å²) in [6, 6.07) is 5.66. The molecule has 0 unspecified atom stereocenters. The van der Waals surface area contributed by atoms with Crippen LogP contribution in [0.5, 0.6) is 5.75 Å². The molecule has 0 radical (unpaired) electrons. The van der Waals surface area contributed by atoms with Crippen LogP contribution in [0.3, 0.4) is 0 Å². The fourth-order valence-corrected chi connectivity index (χ4v) is 5.81. The maximum absolute atomic E-state index is 13.5. The van der Waals surface area contributed by atoms with Crippen molar-refractivity contribution in [3.05, 3.63) is 29.8 Å². The van der Waals surface area contributed by atoms with E-state index in [2.05, 4.69) is 26.2 Å². The number of piperidine rings is 1. The van der Waals surface area contributed by atoms with Crippen LogP contribution in [0.25, 0.3) is 0 Å². The van der Waals surface area contributed by atoms with E-state index in [1.807, 2.05) is 13.8 Å². The number of benzene rings is 1. The smallest absolute Gasteiger partial charge is 0.255 e. The normalized spacial score (nSPS) is 24.6. The molecule has 1 aromatic rings. The quantitative estimate of drug-likeness (QED) is 0.441. The molecule has 4 amide bonds. The van der Waals surface area contributed by atoms with Crippen molar-refractivity contribution in [2.75, 3.05) is 32.8 Å². The number of likely N-dealkylation sites (tertiary alicyclic amines) is 1. The van der Waals surface area contributed by atoms with E-state index >= 15 is 0 Å². The second kappa shape index (κ2) is 14.0. The fraction of sp³-hybridized carbons (Fsp3) is 0.667. The maximum Gasteiger partial charge on any atom is 0.255 e. The Kier molecular flexibility index (Phi) is 10.4. The van der Waals surface area contributed by atoms with Crippen molar-refractivity contribution in [2.45, 2.75) is 89.3 Å². The average Bonchev–Trinajstić information content (AvgIpc) is 3.42. The van der Waals surface area contributed by atoms with Crippen LogP contribution in [0.4, 0.5) is 0 Å². The molecule has 1 saturated carbocycles. The van der Waals surface area contributed by atoms with E-state index in [0.29, 0.717) is 30.7 Å². The van der Waals surface area contributed by atoms with Gasteiger partial charge in [0.15, 0.2) is 0 Å². The molecule has 2 aliphatic heterocycles. The number of nitrogens with zero attached hydrogens (tertiary/aromatic N) is 1. The Morgan fingerprint density at radius 2 is 1.77 bits per heavy atom. The predicted octanol–water partition coefficient (Wildman–Crippen LogP) is 2.13. The lowest BCUT2D eigenvalue weighted by atomic mass is 9.94. The van der Waals surface area contributed by atoms with E-state index in [9.17, 15) is 19.2 Å². The Labute approximate surface area is 237 Å². The van der Waals surface area contributed by atoms with Crippen molar-refractivity contribution in [2.24, 2.45) is 5.92 Å². The summed E-state index contributed by atoms with van der Waals surface area (Å²) >= 11 is 0. The molecular formula is C30H45N5O5. The standard InChI is InChI=1S/C30H45N5O5/c1-21(2)24-20-40-25-11-5-4-10-22(25)27(37)32-23(28(38)31-16-19-35-17-8-3-9-18-35)12-13-26(36)34-30(29(39)33-24)14-6-7-15-30/h4-5,10-11,21,23-24H,3,6-9,12-20H2,1-2H3,(H,31,38)(H,32,37)(H,33,39)(H,34,36)/t23-,24+/m0/s1. The molecule has 1 aliphatic carbocycles. The third-order valence-electron chi connectivity index (χ3n) is 8.40. The zero-order valence-electron chi connectivity index (χ0n) is 23.9. The van der Waals surface area contributed by atoms with E-state index in [-0.39, 0.29) is 49.1 Å². The van der Waals surface area contributed by atoms with Crippen molar-refractivity contribution < 1.29 is 23.9 Å². The number of ether oxygens (including phenoxy) is 1. The van der Waals surface area contributed by atoms with Crippen molar-refractivity contribution >= 4 is 23.6 Å². The first kappa shape index (κ1) is 29.8. The highest BCUT2D eigenvalue weighted by Gasteiger charge is 2.43. The number of para-hydroxylation sites is 1. The maximum atomic E-state index is 13.5. The van der Waals surface area contributed by atoms with Crippen LogP contribution in [-0.4, -0.2) is 78.9 Å². The van der Waals surface area contributed by atoms with E-state index in [4.69, 9.17) is 4.74 Å². The molecule has 2 heterocycles. The topological polar surface area (TPSA) is 129 Å². The van der Waals surface area contributed by atoms with Gasteiger partial charge in [0.25, 0.3) is 5.91 Å². The van der Waals surface area contributed by atoms with Crippen LogP contribution in [0.1, 0.15) is 82.0 Å². The number of fused-ring (bicyclic) bond motifs is 1. The van der Waals surface area contributed by atoms with Crippen LogP contribution in [0.2, 0.25) is 0 Å². The van der Waals surface area contributed by atoms with Gasteiger partial charge in [-0.25, -0.2) is 0 Å². The Morgan fingerprint density at radius 3 is 2.50 bits per heavy atom. The number of rotatable bonds is 5. The minimum Gasteiger partial charge on any atom is -0.491 e. The first-order chi connectivity index (χ1) is 19.3. The summed E-state index contributed by atoms with van der Waals surface area (Å²) in [5.41, 5.74) is -0.674. The molecule has 40 heavy (non-hydrogen) atoms. The van der Waals surface area contributed by atoms with Gasteiger partial charge in [-0.2, -0.15) is 0 Å². The number of carbonyl (C=O) groups is 4. The fourth-order valence-electron chi connectivity index (χ4n) is 5.81. The van der Waals surface area contributed by atoms with Gasteiger partial charge in [0.05, 0.1) is 11.6 Å². The van der Waals surface area contributed by atoms with Gasteiger partial charge in [0.2, 0.25) is 17.7 Å². The van der Waals surface area contributed by atoms with E-state index in [1.165, 1.54) is 19.3 Å². The summed E-state index contributed by atoms with van der Waals surface area (Å²) in [6.45, 7) is 7.43. The summed E-state index contributed by atoms with van der Waals surface area (Å²) in [5.74, 6) is -0.833. The van der Waals surface area contributed by atoms with Gasteiger partial charge >= 0.3 is 0 Å². The number of amides is 4. The van der Waals surface area contributed by atoms with E-state index in [1.54, 1.807) is 24.3 Å². The lowest BCUT2D eigenvalue weighted by Gasteiger charge is -2.32. The third-order valence-corrected chi connectivity index (χ3v) is 8.40. The Bertz CT molecular complexity index is 1050. The highest BCUT2D eigenvalue weighted by molar-refractivity contribution is 6.00. The summed E-state index contributed by atoms with van der Waals surface area (Å²) < 4.78 is 6.09. The minimum absolute atomic E-state index is 0.00524. The zero-order chi connectivity index (χ0) is 28.5. The van der Waals surface area contributed by atoms with Gasteiger partial charge in [-0.15, -0.1) is 0 Å². The van der Waals surface area contributed by atoms with Crippen LogP contribution >= 0.6 is 0 Å². The molecule has 3 aliphatic rings. The molecule has 2 fully saturated rings. The second-order valence-electron chi connectivity index (χ2n) is 11.7. The van der Waals surface area contributed by atoms with Gasteiger partial charge in [0, 0.05) is 19.5 Å². The van der Waals surface area contributed by atoms with Crippen molar-refractivity contribution in [1.29, 1.82) is 0 Å². The van der Waals surface area contributed by atoms with Crippen LogP contribution in [-0.2, 0) is 14.4 Å². The monoisotopic (exact) mass is 555 g/mol. The minimum atomic E-state index is -0.974. The van der Waals surface area contributed by atoms with Gasteiger partial charge in [0.1, 0.15) is 23.9 Å². The molecular weight excluding hydrogens is 510 g/mol. The molecule has 220 valence electrons. The zero-order valence-corrected chi connectivity index (χ0v) is 23.9. The summed E-state index contributed by atoms with van der Waals surface area (Å²) in [5, 5.41) is 11.9. The molecule has 0 aromatic heterocycles. The Balaban J connectivity index is 1.54.